The molecule has 3 rings (SSSR count). The fourth-order valence-electron chi connectivity index (χ4n) is 2.98. The molecule has 2 aromatic heterocycles. The summed E-state index contributed by atoms with van der Waals surface area (Å²) in [5.41, 5.74) is 0.483. The molecule has 12 heteroatoms. The molecular formula is C14H15F3N4O4S. The van der Waals surface area contributed by atoms with E-state index in [1.807, 2.05) is 0 Å². The van der Waals surface area contributed by atoms with Crippen LogP contribution in [0.15, 0.2) is 17.2 Å². The van der Waals surface area contributed by atoms with Gasteiger partial charge in [0, 0.05) is 36.5 Å². The van der Waals surface area contributed by atoms with Crippen molar-refractivity contribution in [2.45, 2.75) is 37.5 Å². The molecule has 142 valence electrons. The number of carbonyl (C=O) groups is 1. The molecule has 1 aliphatic rings. The third kappa shape index (κ3) is 3.21. The molecule has 0 amide bonds. The summed E-state index contributed by atoms with van der Waals surface area (Å²) in [6.45, 7) is -0.287. The monoisotopic (exact) mass is 392 g/mol. The van der Waals surface area contributed by atoms with Gasteiger partial charge in [-0.05, 0) is 13.0 Å². The molecular weight excluding hydrogens is 377 g/mol. The van der Waals surface area contributed by atoms with E-state index in [4.69, 9.17) is 5.11 Å². The van der Waals surface area contributed by atoms with Gasteiger partial charge in [0.25, 0.3) is 0 Å². The second kappa shape index (κ2) is 6.13. The Morgan fingerprint density at radius 3 is 2.73 bits per heavy atom. The number of aromatic nitrogens is 3. The predicted molar refractivity (Wildman–Crippen MR) is 82.1 cm³/mol. The summed E-state index contributed by atoms with van der Waals surface area (Å²) in [5, 5.41) is 15.8. The molecule has 0 saturated heterocycles. The number of aromatic amines is 1. The van der Waals surface area contributed by atoms with Crippen LogP contribution in [0.1, 0.15) is 27.4 Å². The van der Waals surface area contributed by atoms with Crippen molar-refractivity contribution >= 4 is 16.0 Å². The summed E-state index contributed by atoms with van der Waals surface area (Å²) in [5.74, 6) is -1.63. The average Bonchev–Trinajstić information content (AvgIpc) is 3.10. The molecule has 0 aromatic carbocycles. The van der Waals surface area contributed by atoms with Gasteiger partial charge in [-0.15, -0.1) is 0 Å². The maximum Gasteiger partial charge on any atom is 0.406 e. The molecule has 1 aliphatic heterocycles. The second-order valence-corrected chi connectivity index (χ2v) is 7.85. The van der Waals surface area contributed by atoms with Crippen LogP contribution in [0.4, 0.5) is 13.2 Å². The van der Waals surface area contributed by atoms with Crippen LogP contribution in [0, 0.1) is 6.92 Å². The lowest BCUT2D eigenvalue weighted by Gasteiger charge is -2.25. The summed E-state index contributed by atoms with van der Waals surface area (Å²) in [4.78, 5) is 10.9. The number of hydrogen-bond donors (Lipinski definition) is 2. The molecule has 0 fully saturated rings. The first-order chi connectivity index (χ1) is 12.0. The van der Waals surface area contributed by atoms with Crippen LogP contribution >= 0.6 is 0 Å². The fourth-order valence-corrected chi connectivity index (χ4v) is 4.64. The first-order valence-electron chi connectivity index (χ1n) is 7.52. The highest BCUT2D eigenvalue weighted by molar-refractivity contribution is 7.89. The first-order valence-corrected chi connectivity index (χ1v) is 8.96. The van der Waals surface area contributed by atoms with Gasteiger partial charge in [-0.1, -0.05) is 0 Å². The highest BCUT2D eigenvalue weighted by Gasteiger charge is 2.36. The number of hydrogen-bond acceptors (Lipinski definition) is 4. The van der Waals surface area contributed by atoms with E-state index in [1.165, 1.54) is 6.20 Å². The van der Waals surface area contributed by atoms with E-state index in [1.54, 1.807) is 0 Å². The molecule has 0 bridgehead atoms. The van der Waals surface area contributed by atoms with Gasteiger partial charge in [-0.25, -0.2) is 13.2 Å². The Labute approximate surface area is 146 Å². The Bertz CT molecular complexity index is 961. The lowest BCUT2D eigenvalue weighted by Crippen LogP contribution is -2.36. The van der Waals surface area contributed by atoms with E-state index in [9.17, 15) is 26.4 Å². The van der Waals surface area contributed by atoms with Crippen LogP contribution in [0.25, 0.3) is 0 Å². The van der Waals surface area contributed by atoms with Gasteiger partial charge in [0.1, 0.15) is 17.1 Å². The summed E-state index contributed by atoms with van der Waals surface area (Å²) < 4.78 is 65.7. The molecule has 0 spiro atoms. The molecule has 0 atom stereocenters. The highest BCUT2D eigenvalue weighted by Crippen LogP contribution is 2.30. The quantitative estimate of drug-likeness (QED) is 0.820. The van der Waals surface area contributed by atoms with E-state index < -0.39 is 39.3 Å². The van der Waals surface area contributed by atoms with Crippen LogP contribution in [-0.2, 0) is 29.5 Å². The topological polar surface area (TPSA) is 108 Å². The van der Waals surface area contributed by atoms with Crippen LogP contribution in [0.3, 0.4) is 0 Å². The molecule has 26 heavy (non-hydrogen) atoms. The van der Waals surface area contributed by atoms with Crippen molar-refractivity contribution in [3.63, 3.8) is 0 Å². The Morgan fingerprint density at radius 1 is 1.42 bits per heavy atom. The predicted octanol–water partition coefficient (Wildman–Crippen LogP) is 1.53. The standard InChI is InChI=1S/C14H15F3N4O4S/c1-8-12(4-11(13(22)23)21(8)7-14(15,16)17)26(24,25)20-3-2-10-9(6-20)5-18-19-10/h4-5H,2-3,6-7H2,1H3,(H,18,19)(H,22,23). The average molecular weight is 392 g/mol. The van der Waals surface area contributed by atoms with Crippen LogP contribution in [0.2, 0.25) is 0 Å². The Morgan fingerprint density at radius 2 is 2.12 bits per heavy atom. The molecule has 0 unspecified atom stereocenters. The van der Waals surface area contributed by atoms with E-state index in [2.05, 4.69) is 10.2 Å². The van der Waals surface area contributed by atoms with Crippen molar-refractivity contribution in [1.29, 1.82) is 0 Å². The smallest absolute Gasteiger partial charge is 0.406 e. The minimum Gasteiger partial charge on any atom is -0.477 e. The van der Waals surface area contributed by atoms with Gasteiger partial charge in [0.2, 0.25) is 10.0 Å². The molecule has 8 nitrogen and oxygen atoms in total. The summed E-state index contributed by atoms with van der Waals surface area (Å²) in [6, 6.07) is 0.781. The maximum absolute atomic E-state index is 12.9. The number of halogens is 3. The number of aromatic carboxylic acids is 1. The molecule has 3 heterocycles. The summed E-state index contributed by atoms with van der Waals surface area (Å²) in [6.07, 6.45) is -2.82. The molecule has 0 saturated carbocycles. The normalized spacial score (nSPS) is 15.8. The van der Waals surface area contributed by atoms with Crippen LogP contribution < -0.4 is 0 Å². The highest BCUT2D eigenvalue weighted by atomic mass is 32.2. The van der Waals surface area contributed by atoms with Crippen molar-refractivity contribution in [1.82, 2.24) is 19.1 Å². The van der Waals surface area contributed by atoms with E-state index in [-0.39, 0.29) is 18.8 Å². The largest absolute Gasteiger partial charge is 0.477 e. The van der Waals surface area contributed by atoms with Gasteiger partial charge >= 0.3 is 12.1 Å². The number of nitrogens with zero attached hydrogens (tertiary/aromatic N) is 3. The van der Waals surface area contributed by atoms with Crippen LogP contribution in [-0.4, -0.2) is 51.3 Å². The Hall–Kier alpha value is -2.34. The molecule has 2 N–H and O–H groups in total. The van der Waals surface area contributed by atoms with Gasteiger partial charge in [0.15, 0.2) is 0 Å². The summed E-state index contributed by atoms with van der Waals surface area (Å²) >= 11 is 0. The van der Waals surface area contributed by atoms with E-state index in [0.29, 0.717) is 16.6 Å². The fraction of sp³-hybridized carbons (Fsp3) is 0.429. The lowest BCUT2D eigenvalue weighted by atomic mass is 10.1. The number of nitrogens with one attached hydrogen (secondary N) is 1. The first kappa shape index (κ1) is 18.5. The minimum absolute atomic E-state index is 0.0143. The third-order valence-electron chi connectivity index (χ3n) is 4.26. The number of fused-ring (bicyclic) bond motifs is 1. The van der Waals surface area contributed by atoms with Crippen molar-refractivity contribution in [3.05, 3.63) is 34.9 Å². The van der Waals surface area contributed by atoms with Crippen molar-refractivity contribution in [3.8, 4) is 0 Å². The number of sulfonamides is 1. The van der Waals surface area contributed by atoms with E-state index >= 15 is 0 Å². The van der Waals surface area contributed by atoms with E-state index in [0.717, 1.165) is 23.0 Å². The van der Waals surface area contributed by atoms with Gasteiger partial charge in [-0.2, -0.15) is 22.6 Å². The zero-order chi connectivity index (χ0) is 19.3. The third-order valence-corrected chi connectivity index (χ3v) is 6.22. The second-order valence-electron chi connectivity index (χ2n) is 5.95. The lowest BCUT2D eigenvalue weighted by molar-refractivity contribution is -0.141. The van der Waals surface area contributed by atoms with Gasteiger partial charge in [0.05, 0.1) is 6.20 Å². The SMILES string of the molecule is Cc1c(S(=O)(=O)N2CCc3[nH]ncc3C2)cc(C(=O)O)n1CC(F)(F)F. The number of alkyl halides is 3. The zero-order valence-electron chi connectivity index (χ0n) is 13.5. The molecule has 2 aromatic rings. The number of carboxylic acid groups (broad SMARTS) is 1. The molecule has 0 radical (unpaired) electrons. The zero-order valence-corrected chi connectivity index (χ0v) is 14.4. The van der Waals surface area contributed by atoms with Crippen molar-refractivity contribution < 1.29 is 31.5 Å². The minimum atomic E-state index is -4.69. The van der Waals surface area contributed by atoms with Gasteiger partial charge in [-0.3, -0.25) is 5.10 Å². The Kier molecular flexibility index (Phi) is 4.35. The van der Waals surface area contributed by atoms with Crippen molar-refractivity contribution in [2.24, 2.45) is 0 Å². The van der Waals surface area contributed by atoms with Gasteiger partial charge < -0.3 is 9.67 Å². The maximum atomic E-state index is 12.9. The molecule has 0 aliphatic carbocycles. The number of carboxylic acids is 1. The summed E-state index contributed by atoms with van der Waals surface area (Å²) in [7, 11) is -4.16. The van der Waals surface area contributed by atoms with Crippen LogP contribution in [0.5, 0.6) is 0 Å². The number of rotatable bonds is 4. The Balaban J connectivity index is 2.03. The van der Waals surface area contributed by atoms with Crippen molar-refractivity contribution in [2.75, 3.05) is 6.54 Å². The number of H-pyrrole nitrogens is 1.